The van der Waals surface area contributed by atoms with Gasteiger partial charge in [0.2, 0.25) is 0 Å². The van der Waals surface area contributed by atoms with Crippen molar-refractivity contribution in [2.75, 3.05) is 0 Å². The van der Waals surface area contributed by atoms with Crippen molar-refractivity contribution in [3.8, 4) is 0 Å². The fraction of sp³-hybridized carbons (Fsp3) is 0.176. The van der Waals surface area contributed by atoms with Crippen LogP contribution in [0.2, 0.25) is 10.5 Å². The Kier molecular flexibility index (Phi) is 3.13. The molecule has 0 saturated heterocycles. The third kappa shape index (κ3) is 1.95. The minimum atomic E-state index is -2.14. The van der Waals surface area contributed by atoms with Gasteiger partial charge in [-0.2, -0.15) is 0 Å². The molecule has 0 saturated carbocycles. The SMILES string of the molecule is CC1=C[CH2][Ge]([c]2ccccc2)([c]2ccccc2)[CH2]1. The van der Waals surface area contributed by atoms with E-state index in [1.807, 2.05) is 0 Å². The number of allylic oxidation sites excluding steroid dienone is 2. The summed E-state index contributed by atoms with van der Waals surface area (Å²) in [5.74, 6) is 0. The second-order valence-electron chi connectivity index (χ2n) is 5.25. The molecule has 2 aromatic carbocycles. The maximum atomic E-state index is 2.47. The molecule has 0 N–H and O–H groups in total. The predicted octanol–water partition coefficient (Wildman–Crippen LogP) is 3.21. The predicted molar refractivity (Wildman–Crippen MR) is 81.3 cm³/mol. The van der Waals surface area contributed by atoms with Crippen LogP contribution < -0.4 is 8.79 Å². The summed E-state index contributed by atoms with van der Waals surface area (Å²) in [6, 6.07) is 22.4. The van der Waals surface area contributed by atoms with Crippen molar-refractivity contribution in [2.45, 2.75) is 17.4 Å². The zero-order chi connectivity index (χ0) is 12.4. The molecule has 0 aliphatic carbocycles. The Bertz CT molecular complexity index is 515. The molecule has 0 spiro atoms. The van der Waals surface area contributed by atoms with E-state index in [0.29, 0.717) is 0 Å². The van der Waals surface area contributed by atoms with Crippen molar-refractivity contribution in [1.29, 1.82) is 0 Å². The van der Waals surface area contributed by atoms with Crippen LogP contribution in [0.15, 0.2) is 72.3 Å². The third-order valence-corrected chi connectivity index (χ3v) is 14.4. The van der Waals surface area contributed by atoms with Crippen molar-refractivity contribution >= 4 is 22.1 Å². The summed E-state index contributed by atoms with van der Waals surface area (Å²) in [4.78, 5) is 0. The van der Waals surface area contributed by atoms with E-state index < -0.39 is 13.3 Å². The molecule has 18 heavy (non-hydrogen) atoms. The molecule has 0 radical (unpaired) electrons. The van der Waals surface area contributed by atoms with Crippen molar-refractivity contribution in [1.82, 2.24) is 0 Å². The number of hydrogen-bond acceptors (Lipinski definition) is 0. The van der Waals surface area contributed by atoms with E-state index in [2.05, 4.69) is 73.7 Å². The molecule has 0 aromatic heterocycles. The maximum absolute atomic E-state index is 2.47. The molecule has 0 atom stereocenters. The van der Waals surface area contributed by atoms with Crippen LogP contribution in [0.25, 0.3) is 0 Å². The Morgan fingerprint density at radius 1 is 0.778 bits per heavy atom. The number of rotatable bonds is 2. The molecular weight excluding hydrogens is 277 g/mol. The first-order valence-electron chi connectivity index (χ1n) is 6.58. The molecule has 1 aliphatic rings. The minimum absolute atomic E-state index is 1.31. The van der Waals surface area contributed by atoms with Gasteiger partial charge in [0.15, 0.2) is 0 Å². The van der Waals surface area contributed by atoms with Crippen LogP contribution in [-0.4, -0.2) is 13.3 Å². The van der Waals surface area contributed by atoms with E-state index in [1.54, 1.807) is 14.4 Å². The van der Waals surface area contributed by atoms with Gasteiger partial charge in [0.25, 0.3) is 0 Å². The van der Waals surface area contributed by atoms with Gasteiger partial charge in [-0.25, -0.2) is 0 Å². The summed E-state index contributed by atoms with van der Waals surface area (Å²) in [7, 11) is 0. The van der Waals surface area contributed by atoms with Crippen LogP contribution in [0.4, 0.5) is 0 Å². The zero-order valence-corrected chi connectivity index (χ0v) is 12.9. The Balaban J connectivity index is 2.12. The molecule has 1 heterocycles. The van der Waals surface area contributed by atoms with Gasteiger partial charge in [-0.15, -0.1) is 0 Å². The first kappa shape index (κ1) is 11.8. The molecule has 0 unspecified atom stereocenters. The summed E-state index contributed by atoms with van der Waals surface area (Å²) in [5, 5.41) is 2.63. The molecule has 1 aliphatic heterocycles. The van der Waals surface area contributed by atoms with Gasteiger partial charge >= 0.3 is 112 Å². The van der Waals surface area contributed by atoms with Crippen LogP contribution in [0.3, 0.4) is 0 Å². The van der Waals surface area contributed by atoms with E-state index in [4.69, 9.17) is 0 Å². The first-order chi connectivity index (χ1) is 8.81. The summed E-state index contributed by atoms with van der Waals surface area (Å²) in [6.07, 6.45) is 2.47. The van der Waals surface area contributed by atoms with E-state index in [0.717, 1.165) is 0 Å². The Morgan fingerprint density at radius 3 is 1.67 bits per heavy atom. The summed E-state index contributed by atoms with van der Waals surface area (Å²) in [6.45, 7) is 2.29. The van der Waals surface area contributed by atoms with Crippen LogP contribution in [-0.2, 0) is 0 Å². The first-order valence-corrected chi connectivity index (χ1v) is 11.6. The summed E-state index contributed by atoms with van der Waals surface area (Å²) in [5.41, 5.74) is 1.59. The van der Waals surface area contributed by atoms with Crippen LogP contribution in [0, 0.1) is 0 Å². The van der Waals surface area contributed by atoms with E-state index in [9.17, 15) is 0 Å². The average Bonchev–Trinajstić information content (AvgIpc) is 2.84. The van der Waals surface area contributed by atoms with Gasteiger partial charge in [-0.05, 0) is 0 Å². The zero-order valence-electron chi connectivity index (χ0n) is 10.8. The fourth-order valence-electron chi connectivity index (χ4n) is 3.09. The molecule has 0 nitrogen and oxygen atoms in total. The van der Waals surface area contributed by atoms with Gasteiger partial charge < -0.3 is 0 Å². The molecule has 1 heteroatoms. The second kappa shape index (κ2) is 4.77. The van der Waals surface area contributed by atoms with Crippen LogP contribution in [0.5, 0.6) is 0 Å². The van der Waals surface area contributed by atoms with Crippen molar-refractivity contribution < 1.29 is 0 Å². The van der Waals surface area contributed by atoms with Gasteiger partial charge in [0.05, 0.1) is 0 Å². The summed E-state index contributed by atoms with van der Waals surface area (Å²) < 4.78 is 3.24. The molecule has 0 bridgehead atoms. The standard InChI is InChI=1S/C17H18Ge/c1-15-12-13-18(14-15,16-8-4-2-5-9-16)17-10-6-3-7-11-17/h2-12H,13-14H2,1H3. The second-order valence-corrected chi connectivity index (χ2v) is 13.8. The number of benzene rings is 2. The topological polar surface area (TPSA) is 0 Å². The van der Waals surface area contributed by atoms with Crippen LogP contribution in [0.1, 0.15) is 6.92 Å². The van der Waals surface area contributed by atoms with E-state index >= 15 is 0 Å². The van der Waals surface area contributed by atoms with Crippen molar-refractivity contribution in [3.05, 3.63) is 72.3 Å². The Labute approximate surface area is 112 Å². The molecule has 90 valence electrons. The fourth-order valence-corrected chi connectivity index (χ4v) is 13.2. The molecule has 3 rings (SSSR count). The Morgan fingerprint density at radius 2 is 1.28 bits per heavy atom. The monoisotopic (exact) mass is 296 g/mol. The molecule has 2 aromatic rings. The van der Waals surface area contributed by atoms with Gasteiger partial charge in [0, 0.05) is 0 Å². The average molecular weight is 295 g/mol. The van der Waals surface area contributed by atoms with Gasteiger partial charge in [0.1, 0.15) is 0 Å². The van der Waals surface area contributed by atoms with Crippen molar-refractivity contribution in [3.63, 3.8) is 0 Å². The van der Waals surface area contributed by atoms with Gasteiger partial charge in [-0.3, -0.25) is 0 Å². The molecule has 0 amide bonds. The Hall–Kier alpha value is -1.28. The number of hydrogen-bond donors (Lipinski definition) is 0. The molecule has 0 fully saturated rings. The van der Waals surface area contributed by atoms with Crippen molar-refractivity contribution in [2.24, 2.45) is 0 Å². The quantitative estimate of drug-likeness (QED) is 0.589. The van der Waals surface area contributed by atoms with E-state index in [-0.39, 0.29) is 0 Å². The third-order valence-electron chi connectivity index (χ3n) is 4.03. The summed E-state index contributed by atoms with van der Waals surface area (Å²) >= 11 is -2.14. The normalized spacial score (nSPS) is 17.5. The van der Waals surface area contributed by atoms with Gasteiger partial charge in [-0.1, -0.05) is 0 Å². The molecular formula is C17H18Ge. The van der Waals surface area contributed by atoms with Crippen LogP contribution >= 0.6 is 0 Å². The van der Waals surface area contributed by atoms with E-state index in [1.165, 1.54) is 10.5 Å².